The van der Waals surface area contributed by atoms with Gasteiger partial charge in [-0.1, -0.05) is 76.0 Å². The number of amides is 4. The number of hydrogen-bond donors (Lipinski definition) is 4. The summed E-state index contributed by atoms with van der Waals surface area (Å²) in [6.07, 6.45) is 3.25. The molecule has 0 radical (unpaired) electrons. The zero-order valence-corrected chi connectivity index (χ0v) is 31.6. The summed E-state index contributed by atoms with van der Waals surface area (Å²) in [5, 5.41) is 8.50. The zero-order valence-electron chi connectivity index (χ0n) is 30.9. The van der Waals surface area contributed by atoms with Gasteiger partial charge in [-0.2, -0.15) is 0 Å². The van der Waals surface area contributed by atoms with Gasteiger partial charge in [-0.25, -0.2) is 4.79 Å². The summed E-state index contributed by atoms with van der Waals surface area (Å²) in [7, 11) is 2.99. The predicted octanol–water partition coefficient (Wildman–Crippen LogP) is 4.05. The fourth-order valence-electron chi connectivity index (χ4n) is 6.39. The number of ether oxygens (including phenoxy) is 3. The summed E-state index contributed by atoms with van der Waals surface area (Å²) < 4.78 is 16.4. The van der Waals surface area contributed by atoms with E-state index in [4.69, 9.17) is 30.6 Å². The van der Waals surface area contributed by atoms with E-state index in [-0.39, 0.29) is 32.0 Å². The van der Waals surface area contributed by atoms with Crippen LogP contribution in [-0.2, 0) is 35.4 Å². The van der Waals surface area contributed by atoms with Crippen LogP contribution in [0.25, 0.3) is 5.70 Å². The molecule has 2 heterocycles. The van der Waals surface area contributed by atoms with Gasteiger partial charge in [-0.05, 0) is 42.4 Å². The molecule has 53 heavy (non-hydrogen) atoms. The van der Waals surface area contributed by atoms with E-state index in [9.17, 15) is 24.0 Å². The molecule has 286 valence electrons. The summed E-state index contributed by atoms with van der Waals surface area (Å²) in [5.41, 5.74) is 2.66. The van der Waals surface area contributed by atoms with Crippen LogP contribution in [0.2, 0.25) is 5.02 Å². The van der Waals surface area contributed by atoms with E-state index in [0.29, 0.717) is 34.2 Å². The van der Waals surface area contributed by atoms with Gasteiger partial charge in [0, 0.05) is 24.1 Å². The molecular formula is C38H48ClN5O9. The molecule has 1 saturated carbocycles. The number of rotatable bonds is 14. The molecule has 4 N–H and O–H groups in total. The number of hydrogen-bond acceptors (Lipinski definition) is 10. The number of carbonyl (C=O) groups is 5. The number of Topliss-reactive ketones (excluding diaryl/α,β-unsaturated/α-hetero) is 1. The van der Waals surface area contributed by atoms with E-state index >= 15 is 0 Å². The number of methoxy groups -OCH3 is 2. The van der Waals surface area contributed by atoms with Crippen LogP contribution in [0.3, 0.4) is 0 Å². The predicted molar refractivity (Wildman–Crippen MR) is 196 cm³/mol. The summed E-state index contributed by atoms with van der Waals surface area (Å²) in [6, 6.07) is 8.96. The van der Waals surface area contributed by atoms with E-state index in [1.807, 2.05) is 37.3 Å². The van der Waals surface area contributed by atoms with Crippen molar-refractivity contribution in [1.29, 1.82) is 0 Å². The second kappa shape index (κ2) is 16.5. The molecule has 5 rings (SSSR count). The monoisotopic (exact) mass is 753 g/mol. The van der Waals surface area contributed by atoms with Crippen LogP contribution in [0.1, 0.15) is 70.9 Å². The van der Waals surface area contributed by atoms with Crippen molar-refractivity contribution in [3.63, 3.8) is 0 Å². The van der Waals surface area contributed by atoms with Crippen LogP contribution in [0.5, 0.6) is 11.5 Å². The van der Waals surface area contributed by atoms with Gasteiger partial charge in [-0.15, -0.1) is 0 Å². The summed E-state index contributed by atoms with van der Waals surface area (Å²) in [4.78, 5) is 75.4. The van der Waals surface area contributed by atoms with Crippen molar-refractivity contribution < 1.29 is 43.0 Å². The maximum atomic E-state index is 14.6. The Labute approximate surface area is 314 Å². The number of ketones is 1. The maximum absolute atomic E-state index is 14.6. The van der Waals surface area contributed by atoms with Crippen LogP contribution in [0, 0.1) is 5.41 Å². The number of alkyl carbamates (subject to hydrolysis) is 1. The van der Waals surface area contributed by atoms with Crippen LogP contribution >= 0.6 is 11.6 Å². The van der Waals surface area contributed by atoms with Gasteiger partial charge in [0.25, 0.3) is 5.91 Å². The average Bonchev–Trinajstić information content (AvgIpc) is 3.73. The molecule has 3 aliphatic rings. The first-order valence-electron chi connectivity index (χ1n) is 17.7. The van der Waals surface area contributed by atoms with E-state index in [2.05, 4.69) is 21.4 Å². The van der Waals surface area contributed by atoms with E-state index in [1.165, 1.54) is 19.1 Å². The quantitative estimate of drug-likeness (QED) is 0.206. The zero-order chi connectivity index (χ0) is 38.5. The normalized spacial score (nSPS) is 20.5. The third-order valence-electron chi connectivity index (χ3n) is 9.41. The first-order valence-corrected chi connectivity index (χ1v) is 18.1. The van der Waals surface area contributed by atoms with Crippen LogP contribution < -0.4 is 30.9 Å². The third-order valence-corrected chi connectivity index (χ3v) is 9.70. The molecule has 1 aliphatic carbocycles. The van der Waals surface area contributed by atoms with Gasteiger partial charge in [0.15, 0.2) is 0 Å². The molecule has 4 atom stereocenters. The largest absolute Gasteiger partial charge is 0.496 e. The minimum atomic E-state index is -1.23. The molecule has 4 amide bonds. The molecular weight excluding hydrogens is 706 g/mol. The molecule has 0 aromatic heterocycles. The van der Waals surface area contributed by atoms with E-state index < -0.39 is 58.7 Å². The lowest BCUT2D eigenvalue weighted by molar-refractivity contribution is -0.144. The Kier molecular flexibility index (Phi) is 12.2. The smallest absolute Gasteiger partial charge is 0.408 e. The minimum Gasteiger partial charge on any atom is -0.496 e. The number of nitrogens with one attached hydrogen (secondary N) is 4. The number of hydroxylamine groups is 1. The SMILES string of the molecule is CCC[C@H](NC(=O)[C@@H]1C[C@]2(C=C(c3cc(Cl)c(OC)cc3OC)NO2)CN1C(=O)[C@@H](NC(=O)OCc1ccccc1)C(C)(C)C)C(=O)C(=O)NC1CC1. The Morgan fingerprint density at radius 3 is 2.36 bits per heavy atom. The minimum absolute atomic E-state index is 0.0112. The van der Waals surface area contributed by atoms with Crippen molar-refractivity contribution in [3.8, 4) is 11.5 Å². The Morgan fingerprint density at radius 2 is 1.74 bits per heavy atom. The lowest BCUT2D eigenvalue weighted by Gasteiger charge is -2.35. The maximum Gasteiger partial charge on any atom is 0.408 e. The summed E-state index contributed by atoms with van der Waals surface area (Å²) in [5.74, 6) is -1.88. The summed E-state index contributed by atoms with van der Waals surface area (Å²) >= 11 is 6.46. The number of likely N-dealkylation sites (tertiary alicyclic amines) is 1. The molecule has 2 aromatic rings. The molecule has 0 bridgehead atoms. The molecule has 2 fully saturated rings. The lowest BCUT2D eigenvalue weighted by Crippen LogP contribution is -2.59. The van der Waals surface area contributed by atoms with Crippen molar-refractivity contribution in [1.82, 2.24) is 26.3 Å². The van der Waals surface area contributed by atoms with Gasteiger partial charge < -0.3 is 35.1 Å². The molecule has 15 heteroatoms. The molecule has 1 saturated heterocycles. The van der Waals surface area contributed by atoms with Crippen LogP contribution in [0.4, 0.5) is 4.79 Å². The Hall–Kier alpha value is -4.82. The number of halogens is 1. The topological polar surface area (TPSA) is 174 Å². The van der Waals surface area contributed by atoms with Crippen molar-refractivity contribution in [3.05, 3.63) is 64.7 Å². The molecule has 14 nitrogen and oxygen atoms in total. The first kappa shape index (κ1) is 39.4. The van der Waals surface area contributed by atoms with Crippen molar-refractivity contribution in [2.24, 2.45) is 5.41 Å². The highest BCUT2D eigenvalue weighted by molar-refractivity contribution is 6.38. The van der Waals surface area contributed by atoms with Crippen molar-refractivity contribution in [2.45, 2.75) is 96.2 Å². The first-order chi connectivity index (χ1) is 25.2. The molecule has 2 aromatic carbocycles. The van der Waals surface area contributed by atoms with Crippen LogP contribution in [0.15, 0.2) is 48.5 Å². The van der Waals surface area contributed by atoms with Gasteiger partial charge >= 0.3 is 6.09 Å². The fourth-order valence-corrected chi connectivity index (χ4v) is 6.63. The van der Waals surface area contributed by atoms with E-state index in [1.54, 1.807) is 39.0 Å². The Bertz CT molecular complexity index is 1740. The Morgan fingerprint density at radius 1 is 1.04 bits per heavy atom. The number of carbonyl (C=O) groups excluding carboxylic acids is 5. The van der Waals surface area contributed by atoms with Gasteiger partial charge in [0.05, 0.1) is 37.5 Å². The highest BCUT2D eigenvalue weighted by Gasteiger charge is 2.54. The van der Waals surface area contributed by atoms with Gasteiger partial charge in [0.1, 0.15) is 35.8 Å². The number of nitrogens with zero attached hydrogens (tertiary/aromatic N) is 1. The fraction of sp³-hybridized carbons (Fsp3) is 0.500. The molecule has 0 unspecified atom stereocenters. The molecule has 1 spiro atoms. The van der Waals surface area contributed by atoms with Gasteiger partial charge in [0.2, 0.25) is 17.6 Å². The van der Waals surface area contributed by atoms with E-state index in [0.717, 1.165) is 18.4 Å². The third kappa shape index (κ3) is 9.41. The second-order valence-electron chi connectivity index (χ2n) is 14.7. The molecule has 2 aliphatic heterocycles. The summed E-state index contributed by atoms with van der Waals surface area (Å²) in [6.45, 7) is 7.08. The highest BCUT2D eigenvalue weighted by atomic mass is 35.5. The lowest BCUT2D eigenvalue weighted by atomic mass is 9.85. The van der Waals surface area contributed by atoms with Crippen molar-refractivity contribution >= 4 is 46.9 Å². The number of benzene rings is 2. The standard InChI is InChI=1S/C38H48ClN5O9/c1-7-11-26(31(45)34(47)40-23-14-15-23)41-33(46)28-19-38(18-27(43-53-38)24-16-25(39)30(51-6)17-29(24)50-5)21-44(28)35(48)32(37(2,3)4)42-36(49)52-20-22-12-9-8-10-13-22/h8-10,12-13,16-18,23,26,28,32,43H,7,11,14-15,19-21H2,1-6H3,(H,40,47)(H,41,46)(H,42,49)/t26-,28-,32+,38+/m0/s1. The average molecular weight is 754 g/mol. The second-order valence-corrected chi connectivity index (χ2v) is 15.1. The van der Waals surface area contributed by atoms with Gasteiger partial charge in [-0.3, -0.25) is 29.5 Å². The highest BCUT2D eigenvalue weighted by Crippen LogP contribution is 2.42. The Balaban J connectivity index is 1.45. The van der Waals surface area contributed by atoms with Crippen LogP contribution in [-0.4, -0.2) is 85.0 Å². The van der Waals surface area contributed by atoms with Crippen molar-refractivity contribution in [2.75, 3.05) is 20.8 Å².